The Balaban J connectivity index is 1.52. The van der Waals surface area contributed by atoms with Gasteiger partial charge in [-0.1, -0.05) is 20.3 Å². The van der Waals surface area contributed by atoms with Crippen molar-refractivity contribution in [2.24, 2.45) is 17.3 Å². The van der Waals surface area contributed by atoms with Crippen LogP contribution in [-0.2, 0) is 4.74 Å². The minimum absolute atomic E-state index is 0.0137. The summed E-state index contributed by atoms with van der Waals surface area (Å²) in [7, 11) is 0. The standard InChI is InChI=1S/C16H25F3N2O2/c1-15(2)12(11-6-7-23-13(11)15)21-14(22)20-10-5-3-4-9(8-10)16(17,18)19/h9-13H,3-8H2,1-2H3,(H2,20,21,22)/t9-,10+,11-,12+,13+/m0/s1. The largest absolute Gasteiger partial charge is 0.391 e. The van der Waals surface area contributed by atoms with E-state index >= 15 is 0 Å². The third-order valence-corrected chi connectivity index (χ3v) is 5.86. The van der Waals surface area contributed by atoms with E-state index in [0.717, 1.165) is 6.42 Å². The van der Waals surface area contributed by atoms with Gasteiger partial charge in [0.2, 0.25) is 0 Å². The van der Waals surface area contributed by atoms with E-state index in [1.165, 1.54) is 0 Å². The van der Waals surface area contributed by atoms with Gasteiger partial charge in [-0.2, -0.15) is 13.2 Å². The maximum Gasteiger partial charge on any atom is 0.391 e. The molecule has 23 heavy (non-hydrogen) atoms. The van der Waals surface area contributed by atoms with Gasteiger partial charge in [0.1, 0.15) is 0 Å². The van der Waals surface area contributed by atoms with E-state index in [4.69, 9.17) is 4.74 Å². The van der Waals surface area contributed by atoms with E-state index in [1.807, 2.05) is 0 Å². The van der Waals surface area contributed by atoms with Crippen molar-refractivity contribution in [3.05, 3.63) is 0 Å². The van der Waals surface area contributed by atoms with Gasteiger partial charge in [0, 0.05) is 30.0 Å². The maximum atomic E-state index is 12.8. The third kappa shape index (κ3) is 3.16. The monoisotopic (exact) mass is 334 g/mol. The van der Waals surface area contributed by atoms with E-state index in [9.17, 15) is 18.0 Å². The molecule has 0 radical (unpaired) electrons. The first-order valence-electron chi connectivity index (χ1n) is 8.45. The summed E-state index contributed by atoms with van der Waals surface area (Å²) in [5, 5.41) is 5.71. The molecule has 2 aliphatic carbocycles. The number of alkyl halides is 3. The SMILES string of the molecule is CC1(C)[C@H](NC(=O)N[C@@H]2CCC[C@H](C(F)(F)F)C2)[C@@H]2CCO[C@H]21. The molecule has 3 fully saturated rings. The van der Waals surface area contributed by atoms with E-state index in [1.54, 1.807) is 0 Å². The van der Waals surface area contributed by atoms with Crippen LogP contribution in [-0.4, -0.2) is 37.0 Å². The van der Waals surface area contributed by atoms with Crippen LogP contribution in [0.25, 0.3) is 0 Å². The average Bonchev–Trinajstić information content (AvgIpc) is 2.91. The molecule has 1 saturated heterocycles. The topological polar surface area (TPSA) is 50.4 Å². The molecule has 0 aromatic heterocycles. The summed E-state index contributed by atoms with van der Waals surface area (Å²) in [5.41, 5.74) is -0.125. The number of urea groups is 1. The predicted molar refractivity (Wildman–Crippen MR) is 78.9 cm³/mol. The lowest BCUT2D eigenvalue weighted by atomic mass is 9.57. The molecule has 1 aliphatic heterocycles. The zero-order chi connectivity index (χ0) is 16.8. The molecule has 0 aromatic rings. The summed E-state index contributed by atoms with van der Waals surface area (Å²) in [5.74, 6) is -0.973. The summed E-state index contributed by atoms with van der Waals surface area (Å²) in [6, 6.07) is -0.715. The zero-order valence-electron chi connectivity index (χ0n) is 13.6. The molecule has 132 valence electrons. The fraction of sp³-hybridized carbons (Fsp3) is 0.938. The van der Waals surface area contributed by atoms with Crippen LogP contribution in [0, 0.1) is 17.3 Å². The van der Waals surface area contributed by atoms with Crippen LogP contribution in [0.1, 0.15) is 46.0 Å². The molecular formula is C16H25F3N2O2. The number of ether oxygens (including phenoxy) is 1. The molecule has 7 heteroatoms. The van der Waals surface area contributed by atoms with Crippen LogP contribution >= 0.6 is 0 Å². The number of rotatable bonds is 2. The normalized spacial score (nSPS) is 39.3. The van der Waals surface area contributed by atoms with Crippen LogP contribution in [0.15, 0.2) is 0 Å². The highest BCUT2D eigenvalue weighted by molar-refractivity contribution is 5.75. The summed E-state index contributed by atoms with van der Waals surface area (Å²) >= 11 is 0. The molecule has 0 unspecified atom stereocenters. The fourth-order valence-electron chi connectivity index (χ4n) is 4.60. The summed E-state index contributed by atoms with van der Waals surface area (Å²) in [6.45, 7) is 4.84. The second-order valence-electron chi connectivity index (χ2n) is 7.76. The first kappa shape index (κ1) is 16.9. The van der Waals surface area contributed by atoms with Gasteiger partial charge in [-0.25, -0.2) is 4.79 Å². The molecule has 3 rings (SSSR count). The number of fused-ring (bicyclic) bond motifs is 1. The minimum Gasteiger partial charge on any atom is -0.377 e. The molecule has 2 N–H and O–H groups in total. The Morgan fingerprint density at radius 1 is 1.17 bits per heavy atom. The Kier molecular flexibility index (Phi) is 4.27. The number of carbonyl (C=O) groups is 1. The Morgan fingerprint density at radius 2 is 1.91 bits per heavy atom. The smallest absolute Gasteiger partial charge is 0.377 e. The molecule has 4 nitrogen and oxygen atoms in total. The number of amides is 2. The minimum atomic E-state index is -4.17. The van der Waals surface area contributed by atoms with Crippen molar-refractivity contribution in [2.75, 3.05) is 6.61 Å². The van der Waals surface area contributed by atoms with E-state index in [-0.39, 0.29) is 36.4 Å². The van der Waals surface area contributed by atoms with Crippen molar-refractivity contribution in [2.45, 2.75) is 70.3 Å². The number of carbonyl (C=O) groups excluding carboxylic acids is 1. The molecule has 0 bridgehead atoms. The van der Waals surface area contributed by atoms with Crippen LogP contribution in [0.3, 0.4) is 0 Å². The lowest BCUT2D eigenvalue weighted by Gasteiger charge is -2.54. The van der Waals surface area contributed by atoms with Gasteiger partial charge in [0.15, 0.2) is 0 Å². The molecule has 0 spiro atoms. The molecule has 3 aliphatic rings. The number of hydrogen-bond acceptors (Lipinski definition) is 2. The van der Waals surface area contributed by atoms with E-state index in [0.29, 0.717) is 25.4 Å². The molecular weight excluding hydrogens is 309 g/mol. The second-order valence-corrected chi connectivity index (χ2v) is 7.76. The lowest BCUT2D eigenvalue weighted by Crippen LogP contribution is -2.68. The number of nitrogens with one attached hydrogen (secondary N) is 2. The molecule has 2 amide bonds. The van der Waals surface area contributed by atoms with Crippen LogP contribution in [0.4, 0.5) is 18.0 Å². The Bertz CT molecular complexity index is 467. The maximum absolute atomic E-state index is 12.8. The van der Waals surface area contributed by atoms with Gasteiger partial charge in [0.25, 0.3) is 0 Å². The quantitative estimate of drug-likeness (QED) is 0.815. The fourth-order valence-corrected chi connectivity index (χ4v) is 4.60. The van der Waals surface area contributed by atoms with Gasteiger partial charge in [-0.05, 0) is 25.7 Å². The highest BCUT2D eigenvalue weighted by Crippen LogP contribution is 2.52. The first-order chi connectivity index (χ1) is 10.7. The third-order valence-electron chi connectivity index (χ3n) is 5.86. The van der Waals surface area contributed by atoms with Gasteiger partial charge >= 0.3 is 12.2 Å². The van der Waals surface area contributed by atoms with Gasteiger partial charge in [-0.3, -0.25) is 0 Å². The van der Waals surface area contributed by atoms with E-state index < -0.39 is 18.1 Å². The van der Waals surface area contributed by atoms with Crippen molar-refractivity contribution in [3.8, 4) is 0 Å². The number of hydrogen-bond donors (Lipinski definition) is 2. The Hall–Kier alpha value is -0.980. The molecule has 1 heterocycles. The lowest BCUT2D eigenvalue weighted by molar-refractivity contribution is -0.183. The van der Waals surface area contributed by atoms with Gasteiger partial charge in [-0.15, -0.1) is 0 Å². The zero-order valence-corrected chi connectivity index (χ0v) is 13.6. The Morgan fingerprint density at radius 3 is 2.61 bits per heavy atom. The highest BCUT2D eigenvalue weighted by Gasteiger charge is 2.59. The van der Waals surface area contributed by atoms with Crippen molar-refractivity contribution in [1.82, 2.24) is 10.6 Å². The molecule has 2 saturated carbocycles. The van der Waals surface area contributed by atoms with E-state index in [2.05, 4.69) is 24.5 Å². The van der Waals surface area contributed by atoms with Crippen LogP contribution in [0.2, 0.25) is 0 Å². The van der Waals surface area contributed by atoms with Crippen molar-refractivity contribution >= 4 is 6.03 Å². The molecule has 0 aromatic carbocycles. The van der Waals surface area contributed by atoms with Gasteiger partial charge < -0.3 is 15.4 Å². The highest BCUT2D eigenvalue weighted by atomic mass is 19.4. The first-order valence-corrected chi connectivity index (χ1v) is 8.45. The summed E-state index contributed by atoms with van der Waals surface area (Å²) in [4.78, 5) is 12.2. The van der Waals surface area contributed by atoms with Gasteiger partial charge in [0.05, 0.1) is 12.0 Å². The van der Waals surface area contributed by atoms with Crippen LogP contribution < -0.4 is 10.6 Å². The second kappa shape index (κ2) is 5.83. The van der Waals surface area contributed by atoms with Crippen molar-refractivity contribution < 1.29 is 22.7 Å². The average molecular weight is 334 g/mol. The summed E-state index contributed by atoms with van der Waals surface area (Å²) < 4.78 is 44.2. The van der Waals surface area contributed by atoms with Crippen molar-refractivity contribution in [3.63, 3.8) is 0 Å². The summed E-state index contributed by atoms with van der Waals surface area (Å²) in [6.07, 6.45) is -1.79. The van der Waals surface area contributed by atoms with Crippen LogP contribution in [0.5, 0.6) is 0 Å². The van der Waals surface area contributed by atoms with Crippen molar-refractivity contribution in [1.29, 1.82) is 0 Å². The Labute approximate surface area is 134 Å². The number of halogens is 3. The predicted octanol–water partition coefficient (Wildman–Crippen LogP) is 3.22. The molecule has 5 atom stereocenters.